The van der Waals surface area contributed by atoms with Crippen molar-refractivity contribution in [2.45, 2.75) is 26.8 Å². The molecule has 144 valence electrons. The summed E-state index contributed by atoms with van der Waals surface area (Å²) in [6.07, 6.45) is 0. The summed E-state index contributed by atoms with van der Waals surface area (Å²) in [4.78, 5) is 38.4. The molecule has 2 aromatic rings. The van der Waals surface area contributed by atoms with Gasteiger partial charge in [-0.15, -0.1) is 0 Å². The summed E-state index contributed by atoms with van der Waals surface area (Å²) >= 11 is 0. The maximum absolute atomic E-state index is 12.9. The van der Waals surface area contributed by atoms with Gasteiger partial charge in [0.2, 0.25) is 0 Å². The van der Waals surface area contributed by atoms with Crippen molar-refractivity contribution in [3.8, 4) is 0 Å². The van der Waals surface area contributed by atoms with Crippen LogP contribution in [0.5, 0.6) is 0 Å². The van der Waals surface area contributed by atoms with Gasteiger partial charge in [0.05, 0.1) is 17.2 Å². The Hall–Kier alpha value is -3.41. The minimum absolute atomic E-state index is 0.0106. The Morgan fingerprint density at radius 1 is 1.07 bits per heavy atom. The number of anilines is 1. The molecule has 0 unspecified atom stereocenters. The van der Waals surface area contributed by atoms with Gasteiger partial charge in [-0.25, -0.2) is 4.79 Å². The van der Waals surface area contributed by atoms with Crippen molar-refractivity contribution in [1.82, 2.24) is 0 Å². The number of aryl methyl sites for hydroxylation is 1. The molecule has 0 bridgehead atoms. The molecule has 1 atom stereocenters. The van der Waals surface area contributed by atoms with Gasteiger partial charge in [-0.1, -0.05) is 49.7 Å². The van der Waals surface area contributed by atoms with E-state index in [1.54, 1.807) is 26.0 Å². The first-order valence-electron chi connectivity index (χ1n) is 8.93. The molecule has 0 aromatic heterocycles. The number of carbonyl (C=O) groups excluding carboxylic acids is 2. The van der Waals surface area contributed by atoms with Crippen molar-refractivity contribution in [2.24, 2.45) is 5.92 Å². The van der Waals surface area contributed by atoms with Gasteiger partial charge in [-0.05, 0) is 30.7 Å². The van der Waals surface area contributed by atoms with E-state index >= 15 is 0 Å². The number of carbonyl (C=O) groups is 3. The van der Waals surface area contributed by atoms with Gasteiger partial charge >= 0.3 is 5.97 Å². The summed E-state index contributed by atoms with van der Waals surface area (Å²) in [5.41, 5.74) is 1.95. The first-order chi connectivity index (χ1) is 13.2. The molecular weight excluding hydrogens is 358 g/mol. The highest BCUT2D eigenvalue weighted by atomic mass is 16.4. The molecule has 0 spiro atoms. The molecule has 1 aliphatic rings. The number of aliphatic hydroxyl groups excluding tert-OH is 1. The summed E-state index contributed by atoms with van der Waals surface area (Å²) < 4.78 is 0. The summed E-state index contributed by atoms with van der Waals surface area (Å²) in [6.45, 7) is 5.30. The van der Waals surface area contributed by atoms with Crippen LogP contribution in [-0.2, 0) is 9.59 Å². The molecule has 0 saturated heterocycles. The predicted octanol–water partition coefficient (Wildman–Crippen LogP) is 3.82. The molecule has 2 aromatic carbocycles. The molecule has 0 fully saturated rings. The second kappa shape index (κ2) is 7.31. The third kappa shape index (κ3) is 3.29. The van der Waals surface area contributed by atoms with Crippen LogP contribution in [0.2, 0.25) is 0 Å². The van der Waals surface area contributed by atoms with Gasteiger partial charge in [0.15, 0.2) is 11.5 Å². The summed E-state index contributed by atoms with van der Waals surface area (Å²) in [7, 11) is 0. The third-order valence-electron chi connectivity index (χ3n) is 4.73. The van der Waals surface area contributed by atoms with Gasteiger partial charge in [-0.2, -0.15) is 0 Å². The number of hydrogen-bond donors (Lipinski definition) is 2. The lowest BCUT2D eigenvalue weighted by Gasteiger charge is -2.27. The molecular formula is C22H21NO5. The normalized spacial score (nSPS) is 16.8. The zero-order valence-electron chi connectivity index (χ0n) is 15.8. The average Bonchev–Trinajstić information content (AvgIpc) is 2.92. The number of aromatic carboxylic acids is 1. The van der Waals surface area contributed by atoms with E-state index in [9.17, 15) is 24.6 Å². The van der Waals surface area contributed by atoms with Crippen LogP contribution in [0.3, 0.4) is 0 Å². The first-order valence-corrected chi connectivity index (χ1v) is 8.93. The monoisotopic (exact) mass is 379 g/mol. The first kappa shape index (κ1) is 19.4. The minimum atomic E-state index is -1.13. The van der Waals surface area contributed by atoms with E-state index in [2.05, 4.69) is 0 Å². The SMILES string of the molecule is Cc1cccc([C@@H]2C(C(=O)C(C)C)=C(O)C(=O)N2c2cccc(C(=O)O)c2)c1. The zero-order valence-corrected chi connectivity index (χ0v) is 15.8. The van der Waals surface area contributed by atoms with Gasteiger partial charge in [-0.3, -0.25) is 14.5 Å². The fourth-order valence-corrected chi connectivity index (χ4v) is 3.38. The van der Waals surface area contributed by atoms with Gasteiger partial charge in [0, 0.05) is 11.6 Å². The molecule has 0 saturated carbocycles. The number of rotatable bonds is 5. The van der Waals surface area contributed by atoms with E-state index in [4.69, 9.17) is 0 Å². The summed E-state index contributed by atoms with van der Waals surface area (Å²) in [5, 5.41) is 19.8. The lowest BCUT2D eigenvalue weighted by Crippen LogP contribution is -2.31. The highest BCUT2D eigenvalue weighted by molar-refractivity contribution is 6.17. The van der Waals surface area contributed by atoms with E-state index in [0.717, 1.165) is 5.56 Å². The van der Waals surface area contributed by atoms with E-state index < -0.39 is 29.6 Å². The summed E-state index contributed by atoms with van der Waals surface area (Å²) in [6, 6.07) is 12.4. The Kier molecular flexibility index (Phi) is 5.05. The standard InChI is InChI=1S/C22H21NO5/c1-12(2)19(24)17-18(14-7-4-6-13(3)10-14)23(21(26)20(17)25)16-9-5-8-15(11-16)22(27)28/h4-12,18,25H,1-3H3,(H,27,28)/t18-/m1/s1. The second-order valence-corrected chi connectivity index (χ2v) is 7.13. The number of amides is 1. The van der Waals surface area contributed by atoms with Crippen LogP contribution in [0, 0.1) is 12.8 Å². The maximum atomic E-state index is 12.9. The Morgan fingerprint density at radius 3 is 2.36 bits per heavy atom. The fourth-order valence-electron chi connectivity index (χ4n) is 3.38. The zero-order chi connectivity index (χ0) is 20.6. The summed E-state index contributed by atoms with van der Waals surface area (Å²) in [5.74, 6) is -3.18. The molecule has 6 heteroatoms. The van der Waals surface area contributed by atoms with Crippen LogP contribution >= 0.6 is 0 Å². The molecule has 28 heavy (non-hydrogen) atoms. The van der Waals surface area contributed by atoms with Crippen LogP contribution < -0.4 is 4.90 Å². The highest BCUT2D eigenvalue weighted by Gasteiger charge is 2.44. The van der Waals surface area contributed by atoms with Crippen molar-refractivity contribution in [2.75, 3.05) is 4.90 Å². The van der Waals surface area contributed by atoms with E-state index in [1.807, 2.05) is 25.1 Å². The molecule has 6 nitrogen and oxygen atoms in total. The number of hydrogen-bond acceptors (Lipinski definition) is 4. The van der Waals surface area contributed by atoms with Gasteiger partial charge in [0.1, 0.15) is 0 Å². The average molecular weight is 379 g/mol. The van der Waals surface area contributed by atoms with E-state index in [0.29, 0.717) is 11.3 Å². The number of carboxylic acid groups (broad SMARTS) is 1. The number of carboxylic acids is 1. The Morgan fingerprint density at radius 2 is 1.75 bits per heavy atom. The topological polar surface area (TPSA) is 94.9 Å². The molecule has 1 heterocycles. The van der Waals surface area contributed by atoms with Crippen LogP contribution in [0.4, 0.5) is 5.69 Å². The number of benzene rings is 2. The molecule has 1 aliphatic heterocycles. The number of Topliss-reactive ketones (excluding diaryl/α,β-unsaturated/α-hetero) is 1. The Labute approximate surface area is 162 Å². The fraction of sp³-hybridized carbons (Fsp3) is 0.227. The highest BCUT2D eigenvalue weighted by Crippen LogP contribution is 2.42. The van der Waals surface area contributed by atoms with Crippen LogP contribution in [0.1, 0.15) is 41.4 Å². The van der Waals surface area contributed by atoms with Crippen molar-refractivity contribution in [1.29, 1.82) is 0 Å². The third-order valence-corrected chi connectivity index (χ3v) is 4.73. The second-order valence-electron chi connectivity index (χ2n) is 7.13. The van der Waals surface area contributed by atoms with Crippen LogP contribution in [0.15, 0.2) is 59.9 Å². The van der Waals surface area contributed by atoms with Crippen molar-refractivity contribution < 1.29 is 24.6 Å². The molecule has 3 rings (SSSR count). The van der Waals surface area contributed by atoms with Gasteiger partial charge in [0.25, 0.3) is 5.91 Å². The quantitative estimate of drug-likeness (QED) is 0.823. The lowest BCUT2D eigenvalue weighted by molar-refractivity contribution is -0.119. The predicted molar refractivity (Wildman–Crippen MR) is 104 cm³/mol. The lowest BCUT2D eigenvalue weighted by atomic mass is 9.90. The molecule has 1 amide bonds. The van der Waals surface area contributed by atoms with Crippen LogP contribution in [0.25, 0.3) is 0 Å². The molecule has 0 radical (unpaired) electrons. The molecule has 0 aliphatic carbocycles. The minimum Gasteiger partial charge on any atom is -0.503 e. The largest absolute Gasteiger partial charge is 0.503 e. The number of aliphatic hydroxyl groups is 1. The van der Waals surface area contributed by atoms with Crippen molar-refractivity contribution in [3.05, 3.63) is 76.6 Å². The van der Waals surface area contributed by atoms with Gasteiger partial charge < -0.3 is 10.2 Å². The molecule has 2 N–H and O–H groups in total. The van der Waals surface area contributed by atoms with E-state index in [1.165, 1.54) is 23.1 Å². The van der Waals surface area contributed by atoms with Crippen molar-refractivity contribution >= 4 is 23.3 Å². The Balaban J connectivity index is 2.21. The van der Waals surface area contributed by atoms with Crippen molar-refractivity contribution in [3.63, 3.8) is 0 Å². The maximum Gasteiger partial charge on any atom is 0.335 e. The van der Waals surface area contributed by atoms with E-state index in [-0.39, 0.29) is 16.9 Å². The number of nitrogens with zero attached hydrogens (tertiary/aromatic N) is 1. The van der Waals surface area contributed by atoms with Crippen LogP contribution in [-0.4, -0.2) is 27.9 Å². The number of ketones is 1. The Bertz CT molecular complexity index is 1010. The smallest absolute Gasteiger partial charge is 0.335 e.